The summed E-state index contributed by atoms with van der Waals surface area (Å²) in [5.41, 5.74) is 5.01. The summed E-state index contributed by atoms with van der Waals surface area (Å²) in [6, 6.07) is 27.3. The minimum atomic E-state index is -0.963. The van der Waals surface area contributed by atoms with Crippen molar-refractivity contribution in [1.29, 1.82) is 0 Å². The highest BCUT2D eigenvalue weighted by Crippen LogP contribution is 2.33. The molecule has 0 spiro atoms. The molecule has 8 nitrogen and oxygen atoms in total. The number of fused-ring (bicyclic) bond motifs is 1. The van der Waals surface area contributed by atoms with Crippen LogP contribution in [0.25, 0.3) is 33.5 Å². The Morgan fingerprint density at radius 2 is 1.31 bits per heavy atom. The molecular formula is C33H28BrN3O5. The van der Waals surface area contributed by atoms with E-state index in [2.05, 4.69) is 21.2 Å². The molecule has 1 N–H and O–H groups in total. The van der Waals surface area contributed by atoms with Crippen molar-refractivity contribution in [1.82, 2.24) is 9.97 Å². The van der Waals surface area contributed by atoms with Crippen LogP contribution in [0.4, 0.5) is 5.69 Å². The van der Waals surface area contributed by atoms with Gasteiger partial charge in [0, 0.05) is 21.3 Å². The number of nitrogens with one attached hydrogen (secondary N) is 1. The number of benzene rings is 4. The lowest BCUT2D eigenvalue weighted by Crippen LogP contribution is -2.32. The van der Waals surface area contributed by atoms with Gasteiger partial charge in [-0.05, 0) is 97.4 Å². The topological polar surface area (TPSA) is 99.6 Å². The van der Waals surface area contributed by atoms with Gasteiger partial charge < -0.3 is 19.5 Å². The molecule has 1 aromatic heterocycles. The number of hydrogen-bond donors (Lipinski definition) is 1. The van der Waals surface area contributed by atoms with Gasteiger partial charge in [0.15, 0.2) is 6.10 Å². The number of rotatable bonds is 9. The van der Waals surface area contributed by atoms with Gasteiger partial charge in [-0.3, -0.25) is 4.79 Å². The molecular weight excluding hydrogens is 598 g/mol. The number of carbonyl (C=O) groups excluding carboxylic acids is 2. The number of hydrogen-bond acceptors (Lipinski definition) is 7. The molecule has 5 rings (SSSR count). The van der Waals surface area contributed by atoms with E-state index in [1.165, 1.54) is 0 Å². The van der Waals surface area contributed by atoms with Crippen LogP contribution in [-0.4, -0.2) is 42.2 Å². The minimum Gasteiger partial charge on any atom is -0.497 e. The van der Waals surface area contributed by atoms with Crippen LogP contribution in [0.15, 0.2) is 95.5 Å². The maximum Gasteiger partial charge on any atom is 0.338 e. The Hall–Kier alpha value is -4.76. The lowest BCUT2D eigenvalue weighted by atomic mass is 10.0. The average molecular weight is 627 g/mol. The van der Waals surface area contributed by atoms with E-state index >= 15 is 0 Å². The summed E-state index contributed by atoms with van der Waals surface area (Å²) < 4.78 is 17.1. The highest BCUT2D eigenvalue weighted by atomic mass is 79.9. The third kappa shape index (κ3) is 6.42. The lowest BCUT2D eigenvalue weighted by Gasteiger charge is -2.16. The number of esters is 1. The van der Waals surface area contributed by atoms with Gasteiger partial charge in [-0.25, -0.2) is 14.8 Å². The van der Waals surface area contributed by atoms with Crippen LogP contribution in [0.1, 0.15) is 23.7 Å². The van der Waals surface area contributed by atoms with Gasteiger partial charge in [0.05, 0.1) is 42.2 Å². The Morgan fingerprint density at radius 3 is 1.83 bits per heavy atom. The van der Waals surface area contributed by atoms with Crippen LogP contribution in [0.2, 0.25) is 0 Å². The number of aromatic nitrogens is 2. The summed E-state index contributed by atoms with van der Waals surface area (Å²) in [6.45, 7) is 1.78. The predicted octanol–water partition coefficient (Wildman–Crippen LogP) is 7.32. The van der Waals surface area contributed by atoms with E-state index < -0.39 is 18.0 Å². The van der Waals surface area contributed by atoms with Crippen LogP contribution in [0, 0.1) is 0 Å². The molecule has 0 aliphatic rings. The van der Waals surface area contributed by atoms with Crippen molar-refractivity contribution in [3.05, 3.63) is 101 Å². The molecule has 0 radical (unpaired) electrons. The minimum absolute atomic E-state index is 0.268. The molecule has 42 heavy (non-hydrogen) atoms. The standard InChI is InChI=1S/C33H28BrN3O5/c1-4-29(32(38)35-24-12-10-23(34)11-13-24)42-33(39)22-9-18-27-28(19-22)37-31(21-7-16-26(41-3)17-8-21)30(36-27)20-5-14-25(40-2)15-6-20/h5-19,29H,4H2,1-3H3,(H,35,38). The molecule has 1 heterocycles. The lowest BCUT2D eigenvalue weighted by molar-refractivity contribution is -0.124. The van der Waals surface area contributed by atoms with Crippen LogP contribution in [0.3, 0.4) is 0 Å². The maximum atomic E-state index is 13.2. The average Bonchev–Trinajstić information content (AvgIpc) is 3.03. The zero-order chi connectivity index (χ0) is 29.6. The molecule has 1 unspecified atom stereocenters. The zero-order valence-electron chi connectivity index (χ0n) is 23.3. The van der Waals surface area contributed by atoms with Crippen molar-refractivity contribution in [2.45, 2.75) is 19.4 Å². The molecule has 0 aliphatic carbocycles. The fourth-order valence-corrected chi connectivity index (χ4v) is 4.62. The summed E-state index contributed by atoms with van der Waals surface area (Å²) in [5.74, 6) is 0.428. The number of carbonyl (C=O) groups is 2. The second-order valence-electron chi connectivity index (χ2n) is 9.38. The van der Waals surface area contributed by atoms with Crippen LogP contribution < -0.4 is 14.8 Å². The molecule has 0 fully saturated rings. The summed E-state index contributed by atoms with van der Waals surface area (Å²) in [5, 5.41) is 2.79. The fraction of sp³-hybridized carbons (Fsp3) is 0.152. The van der Waals surface area contributed by atoms with E-state index in [4.69, 9.17) is 24.2 Å². The first-order valence-corrected chi connectivity index (χ1v) is 14.1. The zero-order valence-corrected chi connectivity index (χ0v) is 24.8. The van der Waals surface area contributed by atoms with Crippen molar-refractivity contribution in [3.8, 4) is 34.0 Å². The molecule has 212 valence electrons. The molecule has 5 aromatic rings. The van der Waals surface area contributed by atoms with Gasteiger partial charge in [-0.2, -0.15) is 0 Å². The first-order chi connectivity index (χ1) is 20.4. The number of ether oxygens (including phenoxy) is 3. The predicted molar refractivity (Wildman–Crippen MR) is 166 cm³/mol. The van der Waals surface area contributed by atoms with Crippen molar-refractivity contribution < 1.29 is 23.8 Å². The second-order valence-corrected chi connectivity index (χ2v) is 10.3. The molecule has 0 aliphatic heterocycles. The summed E-state index contributed by atoms with van der Waals surface area (Å²) in [6.07, 6.45) is -0.649. The highest BCUT2D eigenvalue weighted by Gasteiger charge is 2.23. The Bertz CT molecular complexity index is 1720. The summed E-state index contributed by atoms with van der Waals surface area (Å²) in [4.78, 5) is 35.8. The number of anilines is 1. The third-order valence-electron chi connectivity index (χ3n) is 6.65. The second kappa shape index (κ2) is 12.8. The first-order valence-electron chi connectivity index (χ1n) is 13.3. The molecule has 9 heteroatoms. The Labute approximate surface area is 251 Å². The molecule has 0 bridgehead atoms. The quantitative estimate of drug-likeness (QED) is 0.171. The summed E-state index contributed by atoms with van der Waals surface area (Å²) >= 11 is 3.37. The maximum absolute atomic E-state index is 13.2. The SMILES string of the molecule is CCC(OC(=O)c1ccc2nc(-c3ccc(OC)cc3)c(-c3ccc(OC)cc3)nc2c1)C(=O)Nc1ccc(Br)cc1. The molecule has 0 saturated heterocycles. The van der Waals surface area contributed by atoms with Crippen LogP contribution in [0.5, 0.6) is 11.5 Å². The smallest absolute Gasteiger partial charge is 0.338 e. The van der Waals surface area contributed by atoms with E-state index in [1.54, 1.807) is 51.5 Å². The Morgan fingerprint density at radius 1 is 0.762 bits per heavy atom. The van der Waals surface area contributed by atoms with Gasteiger partial charge in [0.25, 0.3) is 5.91 Å². The fourth-order valence-electron chi connectivity index (χ4n) is 4.36. The highest BCUT2D eigenvalue weighted by molar-refractivity contribution is 9.10. The van der Waals surface area contributed by atoms with E-state index in [9.17, 15) is 9.59 Å². The van der Waals surface area contributed by atoms with E-state index in [-0.39, 0.29) is 5.56 Å². The van der Waals surface area contributed by atoms with Crippen molar-refractivity contribution in [3.63, 3.8) is 0 Å². The third-order valence-corrected chi connectivity index (χ3v) is 7.18. The first kappa shape index (κ1) is 28.8. The van der Waals surface area contributed by atoms with Gasteiger partial charge in [-0.1, -0.05) is 22.9 Å². The van der Waals surface area contributed by atoms with Crippen molar-refractivity contribution >= 4 is 44.5 Å². The number of amides is 1. The largest absolute Gasteiger partial charge is 0.497 e. The summed E-state index contributed by atoms with van der Waals surface area (Å²) in [7, 11) is 3.23. The van der Waals surface area contributed by atoms with Gasteiger partial charge in [0.1, 0.15) is 11.5 Å². The molecule has 0 saturated carbocycles. The van der Waals surface area contributed by atoms with Crippen LogP contribution >= 0.6 is 15.9 Å². The van der Waals surface area contributed by atoms with Gasteiger partial charge in [-0.15, -0.1) is 0 Å². The van der Waals surface area contributed by atoms with E-state index in [0.717, 1.165) is 27.1 Å². The number of halogens is 1. The van der Waals surface area contributed by atoms with Gasteiger partial charge in [0.2, 0.25) is 0 Å². The normalized spacial score (nSPS) is 11.5. The number of methoxy groups -OCH3 is 2. The van der Waals surface area contributed by atoms with Crippen molar-refractivity contribution in [2.24, 2.45) is 0 Å². The van der Waals surface area contributed by atoms with Crippen molar-refractivity contribution in [2.75, 3.05) is 19.5 Å². The Kier molecular flexibility index (Phi) is 8.78. The van der Waals surface area contributed by atoms with E-state index in [1.807, 2.05) is 60.7 Å². The molecule has 4 aromatic carbocycles. The molecule has 1 atom stereocenters. The number of nitrogens with zero attached hydrogens (tertiary/aromatic N) is 2. The van der Waals surface area contributed by atoms with E-state index in [0.29, 0.717) is 34.5 Å². The molecule has 1 amide bonds. The Balaban J connectivity index is 1.46. The monoisotopic (exact) mass is 625 g/mol. The van der Waals surface area contributed by atoms with Gasteiger partial charge >= 0.3 is 5.97 Å². The van der Waals surface area contributed by atoms with Crippen LogP contribution in [-0.2, 0) is 9.53 Å².